The maximum absolute atomic E-state index is 13.8. The van der Waals surface area contributed by atoms with Crippen molar-refractivity contribution >= 4 is 47.8 Å². The van der Waals surface area contributed by atoms with Gasteiger partial charge in [-0.3, -0.25) is 0 Å². The van der Waals surface area contributed by atoms with E-state index in [0.717, 1.165) is 50.4 Å². The lowest BCUT2D eigenvalue weighted by atomic mass is 10.0. The summed E-state index contributed by atoms with van der Waals surface area (Å²) in [5.41, 5.74) is 5.65. The molecule has 5 aromatic rings. The molecule has 4 heterocycles. The molecule has 1 fully saturated rings. The van der Waals surface area contributed by atoms with E-state index in [9.17, 15) is 9.59 Å². The number of nitrogens with zero attached hydrogens (tertiary/aromatic N) is 4. The van der Waals surface area contributed by atoms with E-state index in [0.29, 0.717) is 58.0 Å². The third-order valence-corrected chi connectivity index (χ3v) is 11.4. The SMILES string of the molecule is Cc1cccc2c(CC(OC(=O)N3CCC(N4Cc5ccccc5NC4=O)CC3)c3cc4ccccc4o3)nn(COCC[Si](C)(C)C)c12. The normalized spacial score (nSPS) is 16.2. The van der Waals surface area contributed by atoms with Crippen LogP contribution >= 0.6 is 0 Å². The Balaban J connectivity index is 1.09. The second kappa shape index (κ2) is 13.7. The number of urea groups is 1. The molecule has 3 amide bonds. The number of fused-ring (bicyclic) bond motifs is 3. The van der Waals surface area contributed by atoms with Crippen molar-refractivity contribution in [1.82, 2.24) is 19.6 Å². The Labute approximate surface area is 288 Å². The predicted molar refractivity (Wildman–Crippen MR) is 193 cm³/mol. The topological polar surface area (TPSA) is 102 Å². The van der Waals surface area contributed by atoms with Crippen molar-refractivity contribution < 1.29 is 23.5 Å². The van der Waals surface area contributed by atoms with E-state index >= 15 is 0 Å². The van der Waals surface area contributed by atoms with Gasteiger partial charge in [0.1, 0.15) is 18.1 Å². The van der Waals surface area contributed by atoms with Crippen molar-refractivity contribution in [3.63, 3.8) is 0 Å². The molecule has 1 unspecified atom stereocenters. The van der Waals surface area contributed by atoms with E-state index in [2.05, 4.69) is 44.0 Å². The van der Waals surface area contributed by atoms with Gasteiger partial charge in [-0.15, -0.1) is 0 Å². The van der Waals surface area contributed by atoms with Gasteiger partial charge < -0.3 is 29.0 Å². The highest BCUT2D eigenvalue weighted by atomic mass is 28.3. The molecular formula is C38H45N5O5Si. The lowest BCUT2D eigenvalue weighted by Gasteiger charge is -2.40. The second-order valence-corrected chi connectivity index (χ2v) is 20.1. The fourth-order valence-corrected chi connectivity index (χ4v) is 7.63. The molecule has 49 heavy (non-hydrogen) atoms. The van der Waals surface area contributed by atoms with E-state index in [1.54, 1.807) is 4.90 Å². The molecule has 10 nitrogen and oxygen atoms in total. The fraction of sp³-hybridized carbons (Fsp3) is 0.395. The van der Waals surface area contributed by atoms with Gasteiger partial charge in [-0.2, -0.15) is 5.10 Å². The Morgan fingerprint density at radius 1 is 1.04 bits per heavy atom. The average molecular weight is 680 g/mol. The van der Waals surface area contributed by atoms with Gasteiger partial charge in [-0.25, -0.2) is 14.3 Å². The van der Waals surface area contributed by atoms with Crippen LogP contribution in [0.25, 0.3) is 21.9 Å². The Kier molecular flexibility index (Phi) is 9.21. The van der Waals surface area contributed by atoms with E-state index in [1.807, 2.05) is 70.2 Å². The summed E-state index contributed by atoms with van der Waals surface area (Å²) in [7, 11) is -1.23. The third-order valence-electron chi connectivity index (χ3n) is 9.67. The molecule has 0 radical (unpaired) electrons. The van der Waals surface area contributed by atoms with E-state index in [4.69, 9.17) is 19.0 Å². The van der Waals surface area contributed by atoms with E-state index in [1.165, 1.54) is 0 Å². The van der Waals surface area contributed by atoms with E-state index in [-0.39, 0.29) is 12.1 Å². The number of nitrogens with one attached hydrogen (secondary N) is 1. The summed E-state index contributed by atoms with van der Waals surface area (Å²) >= 11 is 0. The summed E-state index contributed by atoms with van der Waals surface area (Å²) in [5, 5.41) is 9.99. The number of carbonyl (C=O) groups is 2. The number of ether oxygens (including phenoxy) is 2. The zero-order valence-electron chi connectivity index (χ0n) is 28.8. The zero-order valence-corrected chi connectivity index (χ0v) is 29.8. The molecular weight excluding hydrogens is 635 g/mol. The van der Waals surface area contributed by atoms with E-state index < -0.39 is 20.3 Å². The Morgan fingerprint density at radius 3 is 2.61 bits per heavy atom. The number of carbonyl (C=O) groups excluding carboxylic acids is 2. The largest absolute Gasteiger partial charge is 0.457 e. The van der Waals surface area contributed by atoms with Crippen LogP contribution in [0.4, 0.5) is 15.3 Å². The number of rotatable bonds is 10. The first-order valence-corrected chi connectivity index (χ1v) is 21.0. The smallest absolute Gasteiger partial charge is 0.410 e. The first kappa shape index (κ1) is 32.9. The standard InChI is InChI=1S/C38H45N5O5Si/c1-26-10-9-13-30-32(40-43(36(26)30)25-46-20-21-49(2,3)4)23-35(34-22-27-11-6-8-15-33(27)47-34)48-38(45)41-18-16-29(17-19-41)42-24-28-12-5-7-14-31(28)39-37(42)44/h5-15,22,29,35H,16-21,23-25H2,1-4H3,(H,39,44). The van der Waals surface area contributed by atoms with Crippen LogP contribution in [0.1, 0.15) is 41.5 Å². The number of anilines is 1. The summed E-state index contributed by atoms with van der Waals surface area (Å²) in [6.07, 6.45) is 0.601. The van der Waals surface area contributed by atoms with Crippen LogP contribution in [0.5, 0.6) is 0 Å². The molecule has 1 atom stereocenters. The van der Waals surface area contributed by atoms with Crippen molar-refractivity contribution in [2.75, 3.05) is 25.0 Å². The summed E-state index contributed by atoms with van der Waals surface area (Å²) < 4.78 is 20.6. The van der Waals surface area contributed by atoms with Gasteiger partial charge in [0.05, 0.1) is 11.2 Å². The maximum atomic E-state index is 13.8. The molecule has 1 N–H and O–H groups in total. The van der Waals surface area contributed by atoms with Crippen LogP contribution in [0.2, 0.25) is 25.7 Å². The van der Waals surface area contributed by atoms with Crippen molar-refractivity contribution in [2.45, 2.75) is 77.3 Å². The molecule has 2 aliphatic heterocycles. The highest BCUT2D eigenvalue weighted by molar-refractivity contribution is 6.76. The minimum absolute atomic E-state index is 0.0371. The first-order chi connectivity index (χ1) is 23.6. The van der Waals surface area contributed by atoms with Gasteiger partial charge >= 0.3 is 12.1 Å². The van der Waals surface area contributed by atoms with Crippen molar-refractivity contribution in [3.8, 4) is 0 Å². The quantitative estimate of drug-likeness (QED) is 0.118. The second-order valence-electron chi connectivity index (χ2n) is 14.5. The molecule has 11 heteroatoms. The van der Waals surface area contributed by atoms with Gasteiger partial charge in [0.2, 0.25) is 0 Å². The van der Waals surface area contributed by atoms with Crippen molar-refractivity contribution in [2.24, 2.45) is 0 Å². The summed E-state index contributed by atoms with van der Waals surface area (Å²) in [6.45, 7) is 11.7. The molecule has 2 aliphatic rings. The number of furan rings is 1. The van der Waals surface area contributed by atoms with Gasteiger partial charge in [-0.1, -0.05) is 74.2 Å². The number of piperidine rings is 1. The molecule has 7 rings (SSSR count). The molecule has 256 valence electrons. The van der Waals surface area contributed by atoms with Gasteiger partial charge in [0, 0.05) is 63.2 Å². The highest BCUT2D eigenvalue weighted by Gasteiger charge is 2.34. The highest BCUT2D eigenvalue weighted by Crippen LogP contribution is 2.33. The number of amides is 3. The molecule has 1 saturated heterocycles. The van der Waals surface area contributed by atoms with Crippen LogP contribution in [0.15, 0.2) is 77.2 Å². The molecule has 0 bridgehead atoms. The molecule has 3 aromatic carbocycles. The third kappa shape index (κ3) is 7.23. The minimum atomic E-state index is -1.23. The lowest BCUT2D eigenvalue weighted by Crippen LogP contribution is -2.51. The Bertz CT molecular complexity index is 1940. The summed E-state index contributed by atoms with van der Waals surface area (Å²) in [6, 6.07) is 24.9. The molecule has 0 spiro atoms. The number of likely N-dealkylation sites (tertiary alicyclic amines) is 1. The predicted octanol–water partition coefficient (Wildman–Crippen LogP) is 8.34. The number of hydrogen-bond acceptors (Lipinski definition) is 6. The van der Waals surface area contributed by atoms with Crippen LogP contribution in [-0.4, -0.2) is 65.5 Å². The van der Waals surface area contributed by atoms with Crippen molar-refractivity contribution in [1.29, 1.82) is 0 Å². The summed E-state index contributed by atoms with van der Waals surface area (Å²) in [4.78, 5) is 30.4. The van der Waals surface area contributed by atoms with Crippen LogP contribution < -0.4 is 5.32 Å². The van der Waals surface area contributed by atoms with Crippen molar-refractivity contribution in [3.05, 3.63) is 95.4 Å². The molecule has 0 aliphatic carbocycles. The Hall–Kier alpha value is -4.61. The van der Waals surface area contributed by atoms with Gasteiger partial charge in [0.25, 0.3) is 0 Å². The number of hydrogen-bond donors (Lipinski definition) is 1. The lowest BCUT2D eigenvalue weighted by molar-refractivity contribution is 0.0400. The van der Waals surface area contributed by atoms with Gasteiger partial charge in [-0.05, 0) is 55.1 Å². The first-order valence-electron chi connectivity index (χ1n) is 17.3. The molecule has 0 saturated carbocycles. The zero-order chi connectivity index (χ0) is 34.1. The van der Waals surface area contributed by atoms with Crippen LogP contribution in [0.3, 0.4) is 0 Å². The minimum Gasteiger partial charge on any atom is -0.457 e. The average Bonchev–Trinajstić information content (AvgIpc) is 3.68. The molecule has 2 aromatic heterocycles. The Morgan fingerprint density at radius 2 is 1.82 bits per heavy atom. The number of aromatic nitrogens is 2. The van der Waals surface area contributed by atoms with Gasteiger partial charge in [0.15, 0.2) is 6.10 Å². The fourth-order valence-electron chi connectivity index (χ4n) is 6.87. The maximum Gasteiger partial charge on any atom is 0.410 e. The monoisotopic (exact) mass is 679 g/mol. The number of aryl methyl sites for hydroxylation is 1. The number of benzene rings is 3. The van der Waals surface area contributed by atoms with Crippen LogP contribution in [0, 0.1) is 6.92 Å². The van der Waals surface area contributed by atoms with Crippen LogP contribution in [-0.2, 0) is 29.2 Å². The summed E-state index contributed by atoms with van der Waals surface area (Å²) in [5.74, 6) is 0.579. The number of para-hydroxylation sites is 3.